The van der Waals surface area contributed by atoms with Crippen LogP contribution in [-0.4, -0.2) is 6.03 Å². The van der Waals surface area contributed by atoms with Gasteiger partial charge in [-0.15, -0.1) is 0 Å². The van der Waals surface area contributed by atoms with E-state index in [1.54, 1.807) is 10.6 Å². The van der Waals surface area contributed by atoms with Crippen molar-refractivity contribution in [1.29, 1.82) is 0 Å². The molecule has 3 rings (SSSR count). The number of nitrogens with one attached hydrogen (secondary N) is 1. The fourth-order valence-corrected chi connectivity index (χ4v) is 1.79. The van der Waals surface area contributed by atoms with E-state index in [1.807, 2.05) is 25.4 Å². The summed E-state index contributed by atoms with van der Waals surface area (Å²) < 4.78 is 1.77. The smallest absolute Gasteiger partial charge is 0.331 e. The van der Waals surface area contributed by atoms with Crippen LogP contribution >= 0.6 is 0 Å². The van der Waals surface area contributed by atoms with E-state index in [-0.39, 0.29) is 0 Å². The molecule has 0 atom stereocenters. The van der Waals surface area contributed by atoms with Gasteiger partial charge in [0.05, 0.1) is 13.2 Å². The molecule has 92 valence electrons. The maximum atomic E-state index is 10.4. The molecule has 2 aliphatic rings. The van der Waals surface area contributed by atoms with Crippen molar-refractivity contribution in [3.8, 4) is 0 Å². The van der Waals surface area contributed by atoms with Crippen molar-refractivity contribution in [3.63, 3.8) is 0 Å². The molecule has 1 heterocycles. The van der Waals surface area contributed by atoms with Gasteiger partial charge in [-0.1, -0.05) is 30.4 Å². The van der Waals surface area contributed by atoms with E-state index >= 15 is 0 Å². The van der Waals surface area contributed by atoms with E-state index in [0.717, 1.165) is 0 Å². The van der Waals surface area contributed by atoms with Gasteiger partial charge in [0.15, 0.2) is 0 Å². The number of amides is 2. The molecule has 2 amide bonds. The predicted octanol–water partition coefficient (Wildman–Crippen LogP) is 1.81. The zero-order valence-corrected chi connectivity index (χ0v) is 10.3. The Morgan fingerprint density at radius 2 is 1.94 bits per heavy atom. The summed E-state index contributed by atoms with van der Waals surface area (Å²) in [7, 11) is 1.82. The number of primary amides is 1. The second-order valence-corrected chi connectivity index (χ2v) is 4.18. The van der Waals surface area contributed by atoms with Crippen molar-refractivity contribution in [1.82, 2.24) is 0 Å². The molecule has 3 N–H and O–H groups in total. The molecule has 2 bridgehead atoms. The predicted molar refractivity (Wildman–Crippen MR) is 70.7 cm³/mol. The van der Waals surface area contributed by atoms with Crippen LogP contribution < -0.4 is 15.6 Å². The first-order valence-corrected chi connectivity index (χ1v) is 5.74. The van der Waals surface area contributed by atoms with Gasteiger partial charge in [-0.25, -0.2) is 9.36 Å². The van der Waals surface area contributed by atoms with Crippen molar-refractivity contribution in [3.05, 3.63) is 59.8 Å². The number of aromatic nitrogens is 1. The number of urea groups is 1. The third kappa shape index (κ3) is 3.07. The van der Waals surface area contributed by atoms with Crippen molar-refractivity contribution in [2.75, 3.05) is 5.32 Å². The van der Waals surface area contributed by atoms with E-state index in [0.29, 0.717) is 5.82 Å². The molecule has 18 heavy (non-hydrogen) atoms. The lowest BCUT2D eigenvalue weighted by Crippen LogP contribution is -2.35. The van der Waals surface area contributed by atoms with Crippen molar-refractivity contribution < 1.29 is 9.36 Å². The van der Waals surface area contributed by atoms with Crippen LogP contribution in [0, 0.1) is 0 Å². The monoisotopic (exact) mass is 242 g/mol. The number of allylic oxidation sites excluding steroid dienone is 6. The van der Waals surface area contributed by atoms with Crippen LogP contribution in [0.15, 0.2) is 59.8 Å². The molecule has 0 aliphatic heterocycles. The molecule has 1 aromatic rings. The molecule has 0 aromatic carbocycles. The highest BCUT2D eigenvalue weighted by Gasteiger charge is 2.08. The summed E-state index contributed by atoms with van der Waals surface area (Å²) in [5, 5.41) is 2.47. The van der Waals surface area contributed by atoms with Crippen LogP contribution in [0.5, 0.6) is 0 Å². The van der Waals surface area contributed by atoms with Crippen LogP contribution in [0.3, 0.4) is 0 Å². The van der Waals surface area contributed by atoms with Crippen molar-refractivity contribution >= 4 is 11.8 Å². The maximum Gasteiger partial charge on any atom is 0.404 e. The first kappa shape index (κ1) is 12.1. The topological polar surface area (TPSA) is 59.0 Å². The number of fused-ring (bicyclic) bond motifs is 2. The fourth-order valence-electron chi connectivity index (χ4n) is 1.79. The number of hydrogen-bond acceptors (Lipinski definition) is 1. The van der Waals surface area contributed by atoms with Gasteiger partial charge >= 0.3 is 6.03 Å². The summed E-state index contributed by atoms with van der Waals surface area (Å²) >= 11 is 0. The number of hydrogen-bond donors (Lipinski definition) is 2. The van der Waals surface area contributed by atoms with Gasteiger partial charge in [0.25, 0.3) is 5.82 Å². The number of nitrogens with zero attached hydrogens (tertiary/aromatic N) is 1. The molecular weight excluding hydrogens is 226 g/mol. The average Bonchev–Trinajstić information content (AvgIpc) is 2.97. The molecule has 2 aliphatic carbocycles. The Balaban J connectivity index is 0.000000146. The minimum atomic E-state index is -0.549. The van der Waals surface area contributed by atoms with Gasteiger partial charge in [0.1, 0.15) is 0 Å². The van der Waals surface area contributed by atoms with E-state index < -0.39 is 6.03 Å². The Kier molecular flexibility index (Phi) is 3.57. The lowest BCUT2D eigenvalue weighted by Gasteiger charge is -1.96. The van der Waals surface area contributed by atoms with Gasteiger partial charge in [0, 0.05) is 6.07 Å². The van der Waals surface area contributed by atoms with E-state index in [4.69, 9.17) is 5.73 Å². The van der Waals surface area contributed by atoms with E-state index in [9.17, 15) is 4.79 Å². The minimum Gasteiger partial charge on any atom is -0.331 e. The van der Waals surface area contributed by atoms with Crippen LogP contribution in [0.4, 0.5) is 10.6 Å². The summed E-state index contributed by atoms with van der Waals surface area (Å²) in [6.07, 6.45) is 11.7. The molecule has 0 saturated heterocycles. The second-order valence-electron chi connectivity index (χ2n) is 4.18. The maximum absolute atomic E-state index is 10.4. The van der Waals surface area contributed by atoms with E-state index in [1.165, 1.54) is 17.6 Å². The number of pyridine rings is 1. The molecular formula is C14H16N3O+. The molecule has 4 heteroatoms. The number of rotatable bonds is 1. The summed E-state index contributed by atoms with van der Waals surface area (Å²) in [6.45, 7) is 0. The van der Waals surface area contributed by atoms with Crippen LogP contribution in [-0.2, 0) is 7.05 Å². The first-order valence-electron chi connectivity index (χ1n) is 5.74. The number of anilines is 1. The third-order valence-corrected chi connectivity index (χ3v) is 2.74. The van der Waals surface area contributed by atoms with Crippen LogP contribution in [0.2, 0.25) is 0 Å². The molecule has 1 aromatic heterocycles. The van der Waals surface area contributed by atoms with Crippen LogP contribution in [0.25, 0.3) is 0 Å². The lowest BCUT2D eigenvalue weighted by molar-refractivity contribution is -0.656. The van der Waals surface area contributed by atoms with Crippen molar-refractivity contribution in [2.24, 2.45) is 12.8 Å². The van der Waals surface area contributed by atoms with Gasteiger partial charge in [-0.3, -0.25) is 0 Å². The summed E-state index contributed by atoms with van der Waals surface area (Å²) in [5.41, 5.74) is 7.87. The zero-order chi connectivity index (χ0) is 13.0. The van der Waals surface area contributed by atoms with Gasteiger partial charge < -0.3 is 5.73 Å². The second kappa shape index (κ2) is 5.31. The van der Waals surface area contributed by atoms with Gasteiger partial charge in [0.2, 0.25) is 0 Å². The zero-order valence-electron chi connectivity index (χ0n) is 10.3. The number of aryl methyl sites for hydroxylation is 1. The molecule has 0 radical (unpaired) electrons. The molecule has 4 nitrogen and oxygen atoms in total. The highest BCUT2D eigenvalue weighted by atomic mass is 16.2. The Morgan fingerprint density at radius 3 is 2.33 bits per heavy atom. The minimum absolute atomic E-state index is 0.549. The Bertz CT molecular complexity index is 536. The lowest BCUT2D eigenvalue weighted by atomic mass is 10.3. The highest BCUT2D eigenvalue weighted by molar-refractivity contribution is 5.85. The Morgan fingerprint density at radius 1 is 1.28 bits per heavy atom. The number of nitrogens with two attached hydrogens (primary N) is 1. The van der Waals surface area contributed by atoms with E-state index in [2.05, 4.69) is 29.6 Å². The fraction of sp³-hybridized carbons (Fsp3) is 0.143. The standard InChI is InChI=1S/C7H9N3O.C7H6/c1-10-5-3-2-4-6(10)9-7(8)11;1-2-7-4-3-6(1)5-7/h2-5H,1H3,(H2,8,11);1-4H,5H2/p+1. The average molecular weight is 242 g/mol. The summed E-state index contributed by atoms with van der Waals surface area (Å²) in [6, 6.07) is 4.91. The molecule has 0 saturated carbocycles. The Labute approximate surface area is 106 Å². The SMILES string of the molecule is C1=CC2=CC=C1C2.C[n+]1ccccc1NC(N)=O. The first-order chi connectivity index (χ1) is 8.65. The number of carbonyl (C=O) groups is 1. The van der Waals surface area contributed by atoms with Crippen LogP contribution in [0.1, 0.15) is 6.42 Å². The normalized spacial score (nSPS) is 14.5. The summed E-state index contributed by atoms with van der Waals surface area (Å²) in [5.74, 6) is 0.681. The van der Waals surface area contributed by atoms with Crippen molar-refractivity contribution in [2.45, 2.75) is 6.42 Å². The largest absolute Gasteiger partial charge is 0.404 e. The molecule has 0 fully saturated rings. The quantitative estimate of drug-likeness (QED) is 0.725. The van der Waals surface area contributed by atoms with Gasteiger partial charge in [-0.05, 0) is 23.6 Å². The molecule has 0 unspecified atom stereocenters. The van der Waals surface area contributed by atoms with Gasteiger partial charge in [-0.2, -0.15) is 5.32 Å². The highest BCUT2D eigenvalue weighted by Crippen LogP contribution is 2.27. The number of carbonyl (C=O) groups excluding carboxylic acids is 1. The third-order valence-electron chi connectivity index (χ3n) is 2.74. The summed E-state index contributed by atoms with van der Waals surface area (Å²) in [4.78, 5) is 10.4. The molecule has 0 spiro atoms. The Hall–Kier alpha value is -2.36.